The second-order valence-electron chi connectivity index (χ2n) is 7.80. The minimum absolute atomic E-state index is 0.202. The molecule has 3 heteroatoms. The van der Waals surface area contributed by atoms with Crippen LogP contribution in [0.15, 0.2) is 77.3 Å². The molecule has 0 bridgehead atoms. The summed E-state index contributed by atoms with van der Waals surface area (Å²) in [4.78, 5) is 5.28. The molecule has 0 N–H and O–H groups in total. The lowest BCUT2D eigenvalue weighted by Gasteiger charge is -2.18. The highest BCUT2D eigenvalue weighted by Crippen LogP contribution is 2.27. The lowest BCUT2D eigenvalue weighted by molar-refractivity contribution is 0.549. The Hall–Kier alpha value is -2.13. The standard InChI is InChI=1S/C27H36FNS/c1-8-12-25(26(19-20(4)5)29-22(7)27(10-3)30-28)14-11-13-21(6)24-17-15-23(9-2)16-18-24/h9-10,15-19,25H,2-3,6,8,11-14H2,1,4-5,7H3/b27-22-,29-26?. The Morgan fingerprint density at radius 3 is 2.30 bits per heavy atom. The largest absolute Gasteiger partial charge is 0.257 e. The molecule has 0 aliphatic carbocycles. The highest BCUT2D eigenvalue weighted by Gasteiger charge is 2.15. The van der Waals surface area contributed by atoms with E-state index in [-0.39, 0.29) is 12.1 Å². The summed E-state index contributed by atoms with van der Waals surface area (Å²) < 4.78 is 13.2. The maximum Gasteiger partial charge on any atom is 0.0831 e. The quantitative estimate of drug-likeness (QED) is 0.226. The van der Waals surface area contributed by atoms with Gasteiger partial charge in [-0.15, -0.1) is 0 Å². The average molecular weight is 426 g/mol. The van der Waals surface area contributed by atoms with Gasteiger partial charge in [-0.25, -0.2) is 0 Å². The van der Waals surface area contributed by atoms with Crippen molar-refractivity contribution in [1.82, 2.24) is 0 Å². The molecular formula is C27H36FNS. The molecule has 1 rings (SSSR count). The van der Waals surface area contributed by atoms with Crippen LogP contribution in [0.1, 0.15) is 70.9 Å². The zero-order valence-corrected chi connectivity index (χ0v) is 19.8. The van der Waals surface area contributed by atoms with E-state index in [0.29, 0.717) is 16.5 Å². The molecule has 0 aliphatic heterocycles. The number of benzene rings is 1. The Kier molecular flexibility index (Phi) is 12.1. The molecule has 1 unspecified atom stereocenters. The predicted octanol–water partition coefficient (Wildman–Crippen LogP) is 9.37. The van der Waals surface area contributed by atoms with Crippen molar-refractivity contribution < 1.29 is 3.89 Å². The van der Waals surface area contributed by atoms with Gasteiger partial charge in [-0.1, -0.05) is 75.1 Å². The number of allylic oxidation sites excluding steroid dienone is 5. The van der Waals surface area contributed by atoms with Gasteiger partial charge in [0.05, 0.1) is 22.8 Å². The highest BCUT2D eigenvalue weighted by atomic mass is 32.2. The zero-order chi connectivity index (χ0) is 22.5. The van der Waals surface area contributed by atoms with Gasteiger partial charge >= 0.3 is 0 Å². The van der Waals surface area contributed by atoms with E-state index < -0.39 is 0 Å². The summed E-state index contributed by atoms with van der Waals surface area (Å²) in [7, 11) is 0. The number of hydrogen-bond donors (Lipinski definition) is 0. The third-order valence-corrected chi connectivity index (χ3v) is 5.63. The van der Waals surface area contributed by atoms with Gasteiger partial charge in [0.1, 0.15) is 0 Å². The number of rotatable bonds is 13. The van der Waals surface area contributed by atoms with Gasteiger partial charge in [0.15, 0.2) is 0 Å². The predicted molar refractivity (Wildman–Crippen MR) is 136 cm³/mol. The first-order chi connectivity index (χ1) is 14.4. The number of aliphatic imine (C=N–C) groups is 1. The Morgan fingerprint density at radius 1 is 1.13 bits per heavy atom. The average Bonchev–Trinajstić information content (AvgIpc) is 2.73. The normalized spacial score (nSPS) is 13.3. The molecule has 0 radical (unpaired) electrons. The smallest absolute Gasteiger partial charge is 0.0831 e. The van der Waals surface area contributed by atoms with Crippen molar-refractivity contribution in [3.63, 3.8) is 0 Å². The van der Waals surface area contributed by atoms with Gasteiger partial charge in [-0.3, -0.25) is 4.99 Å². The lowest BCUT2D eigenvalue weighted by atomic mass is 9.89. The van der Waals surface area contributed by atoms with Gasteiger partial charge in [-0.05, 0) is 69.2 Å². The second kappa shape index (κ2) is 14.0. The van der Waals surface area contributed by atoms with Gasteiger partial charge < -0.3 is 0 Å². The summed E-state index contributed by atoms with van der Waals surface area (Å²) in [6, 6.07) is 8.36. The van der Waals surface area contributed by atoms with Crippen LogP contribution < -0.4 is 0 Å². The van der Waals surface area contributed by atoms with Gasteiger partial charge in [0, 0.05) is 11.6 Å². The summed E-state index contributed by atoms with van der Waals surface area (Å²) in [5.41, 5.74) is 6.36. The van der Waals surface area contributed by atoms with Gasteiger partial charge in [0.25, 0.3) is 0 Å². The summed E-state index contributed by atoms with van der Waals surface area (Å²) >= 11 is 0.202. The molecule has 0 amide bonds. The van der Waals surface area contributed by atoms with Gasteiger partial charge in [0.2, 0.25) is 0 Å². The zero-order valence-electron chi connectivity index (χ0n) is 19.0. The van der Waals surface area contributed by atoms with Crippen LogP contribution in [-0.4, -0.2) is 5.71 Å². The van der Waals surface area contributed by atoms with Crippen molar-refractivity contribution >= 4 is 29.5 Å². The highest BCUT2D eigenvalue weighted by molar-refractivity contribution is 7.98. The SMILES string of the molecule is C=C/C(SF)=C(\C)N=C(C=C(C)C)C(CCC)CCCC(=C)c1ccc(C=C)cc1. The summed E-state index contributed by atoms with van der Waals surface area (Å²) in [5, 5.41) is 0. The summed E-state index contributed by atoms with van der Waals surface area (Å²) in [5.74, 6) is 0.339. The fraction of sp³-hybridized carbons (Fsp3) is 0.370. The fourth-order valence-electron chi connectivity index (χ4n) is 3.37. The molecule has 0 aromatic heterocycles. The molecule has 0 fully saturated rings. The van der Waals surface area contributed by atoms with Crippen LogP contribution in [0.4, 0.5) is 3.89 Å². The van der Waals surface area contributed by atoms with Gasteiger partial charge in [-0.2, -0.15) is 3.89 Å². The molecule has 0 aliphatic rings. The van der Waals surface area contributed by atoms with E-state index in [2.05, 4.69) is 70.8 Å². The Balaban J connectivity index is 2.96. The minimum Gasteiger partial charge on any atom is -0.257 e. The molecule has 0 spiro atoms. The van der Waals surface area contributed by atoms with E-state index in [0.717, 1.165) is 49.0 Å². The molecule has 1 atom stereocenters. The second-order valence-corrected chi connectivity index (χ2v) is 8.39. The molecule has 0 saturated carbocycles. The first-order valence-corrected chi connectivity index (χ1v) is 11.3. The first kappa shape index (κ1) is 25.9. The third-order valence-electron chi connectivity index (χ3n) is 5.00. The fourth-order valence-corrected chi connectivity index (χ4v) is 3.59. The lowest BCUT2D eigenvalue weighted by Crippen LogP contribution is -2.13. The van der Waals surface area contributed by atoms with Crippen LogP contribution in [0.5, 0.6) is 0 Å². The van der Waals surface area contributed by atoms with Crippen LogP contribution in [0.2, 0.25) is 0 Å². The van der Waals surface area contributed by atoms with Crippen molar-refractivity contribution in [3.8, 4) is 0 Å². The van der Waals surface area contributed by atoms with E-state index in [4.69, 9.17) is 4.99 Å². The van der Waals surface area contributed by atoms with Crippen molar-refractivity contribution in [2.75, 3.05) is 0 Å². The van der Waals surface area contributed by atoms with E-state index >= 15 is 0 Å². The van der Waals surface area contributed by atoms with Crippen molar-refractivity contribution in [3.05, 3.63) is 83.5 Å². The molecule has 1 aromatic carbocycles. The topological polar surface area (TPSA) is 12.4 Å². The Labute approximate surface area is 187 Å². The molecule has 1 aromatic rings. The molecule has 0 heterocycles. The minimum atomic E-state index is 0.202. The van der Waals surface area contributed by atoms with E-state index in [1.807, 2.05) is 13.0 Å². The number of hydrogen-bond acceptors (Lipinski definition) is 2. The van der Waals surface area contributed by atoms with Crippen molar-refractivity contribution in [2.45, 2.75) is 59.8 Å². The first-order valence-electron chi connectivity index (χ1n) is 10.6. The summed E-state index contributed by atoms with van der Waals surface area (Å²) in [6.07, 6.45) is 10.7. The van der Waals surface area contributed by atoms with Crippen molar-refractivity contribution in [1.29, 1.82) is 0 Å². The third kappa shape index (κ3) is 8.71. The van der Waals surface area contributed by atoms with Crippen LogP contribution in [0.25, 0.3) is 11.6 Å². The van der Waals surface area contributed by atoms with E-state index in [1.54, 1.807) is 0 Å². The molecular weight excluding hydrogens is 389 g/mol. The monoisotopic (exact) mass is 425 g/mol. The van der Waals surface area contributed by atoms with Crippen LogP contribution in [0, 0.1) is 5.92 Å². The number of nitrogens with zero attached hydrogens (tertiary/aromatic N) is 1. The van der Waals surface area contributed by atoms with Crippen LogP contribution in [-0.2, 0) is 0 Å². The Bertz CT molecular complexity index is 808. The Morgan fingerprint density at radius 2 is 1.80 bits per heavy atom. The maximum atomic E-state index is 13.2. The maximum absolute atomic E-state index is 13.2. The van der Waals surface area contributed by atoms with Crippen molar-refractivity contribution in [2.24, 2.45) is 10.9 Å². The molecule has 0 saturated heterocycles. The van der Waals surface area contributed by atoms with Crippen LogP contribution >= 0.6 is 12.1 Å². The molecule has 1 nitrogen and oxygen atoms in total. The molecule has 162 valence electrons. The van der Waals surface area contributed by atoms with Crippen LogP contribution in [0.3, 0.4) is 0 Å². The number of halogens is 1. The molecule has 30 heavy (non-hydrogen) atoms. The van der Waals surface area contributed by atoms with E-state index in [9.17, 15) is 3.89 Å². The van der Waals surface area contributed by atoms with E-state index in [1.165, 1.54) is 17.2 Å². The summed E-state index contributed by atoms with van der Waals surface area (Å²) in [6.45, 7) is 20.0.